The van der Waals surface area contributed by atoms with Crippen LogP contribution in [0.5, 0.6) is 0 Å². The van der Waals surface area contributed by atoms with Gasteiger partial charge in [0.25, 0.3) is 0 Å². The number of carbonyl (C=O) groups is 1. The summed E-state index contributed by atoms with van der Waals surface area (Å²) in [6.07, 6.45) is -1.87. The van der Waals surface area contributed by atoms with Crippen molar-refractivity contribution in [3.8, 4) is 11.1 Å². The highest BCUT2D eigenvalue weighted by atomic mass is 35.5. The van der Waals surface area contributed by atoms with Crippen LogP contribution in [-0.2, 0) is 9.47 Å². The quantitative estimate of drug-likeness (QED) is 0.621. The summed E-state index contributed by atoms with van der Waals surface area (Å²) in [6, 6.07) is 16.9. The third kappa shape index (κ3) is 3.89. The maximum absolute atomic E-state index is 13.5. The van der Waals surface area contributed by atoms with E-state index in [-0.39, 0.29) is 13.0 Å². The number of hydrogen-bond acceptors (Lipinski definition) is 3. The molecule has 0 N–H and O–H groups in total. The van der Waals surface area contributed by atoms with Gasteiger partial charge in [-0.05, 0) is 23.3 Å². The standard InChI is InChI=1S/C18H16ClFO3/c19-17-10-15(20)16(23-17)11-22-18(21)14-8-6-13(7-9-14)12-4-2-1-3-5-12/h1-9,15-17H,10-11H2/t15-,16+,17?/m0/s1. The first-order chi connectivity index (χ1) is 11.1. The van der Waals surface area contributed by atoms with E-state index >= 15 is 0 Å². The van der Waals surface area contributed by atoms with Crippen molar-refractivity contribution in [2.45, 2.75) is 24.3 Å². The fraction of sp³-hybridized carbons (Fsp3) is 0.278. The van der Waals surface area contributed by atoms with Gasteiger partial charge in [-0.3, -0.25) is 0 Å². The van der Waals surface area contributed by atoms with Gasteiger partial charge >= 0.3 is 5.97 Å². The second-order valence-corrected chi connectivity index (χ2v) is 5.86. The Labute approximate surface area is 139 Å². The van der Waals surface area contributed by atoms with Gasteiger partial charge in [-0.2, -0.15) is 0 Å². The van der Waals surface area contributed by atoms with Gasteiger partial charge in [-0.1, -0.05) is 54.1 Å². The van der Waals surface area contributed by atoms with Gasteiger partial charge < -0.3 is 9.47 Å². The van der Waals surface area contributed by atoms with Gasteiger partial charge in [0.05, 0.1) is 5.56 Å². The molecule has 1 heterocycles. The van der Waals surface area contributed by atoms with Crippen LogP contribution in [0.25, 0.3) is 11.1 Å². The summed E-state index contributed by atoms with van der Waals surface area (Å²) in [7, 11) is 0. The van der Waals surface area contributed by atoms with E-state index in [2.05, 4.69) is 0 Å². The molecule has 23 heavy (non-hydrogen) atoms. The van der Waals surface area contributed by atoms with Crippen LogP contribution in [0.2, 0.25) is 0 Å². The topological polar surface area (TPSA) is 35.5 Å². The number of ether oxygens (including phenoxy) is 2. The Bertz CT molecular complexity index is 660. The van der Waals surface area contributed by atoms with Crippen molar-refractivity contribution >= 4 is 17.6 Å². The molecule has 2 aromatic carbocycles. The third-order valence-corrected chi connectivity index (χ3v) is 4.02. The molecule has 3 rings (SSSR count). The summed E-state index contributed by atoms with van der Waals surface area (Å²) >= 11 is 5.71. The Morgan fingerprint density at radius 3 is 2.39 bits per heavy atom. The van der Waals surface area contributed by atoms with Gasteiger partial charge in [0.15, 0.2) is 0 Å². The molecule has 3 nitrogen and oxygen atoms in total. The number of rotatable bonds is 4. The van der Waals surface area contributed by atoms with Crippen molar-refractivity contribution < 1.29 is 18.7 Å². The Kier molecular flexibility index (Phi) is 4.94. The average molecular weight is 335 g/mol. The Balaban J connectivity index is 1.60. The zero-order chi connectivity index (χ0) is 16.2. The molecule has 120 valence electrons. The van der Waals surface area contributed by atoms with Crippen LogP contribution in [0, 0.1) is 0 Å². The molecule has 1 aliphatic rings. The van der Waals surface area contributed by atoms with E-state index < -0.39 is 23.8 Å². The average Bonchev–Trinajstić information content (AvgIpc) is 2.91. The number of alkyl halides is 2. The lowest BCUT2D eigenvalue weighted by Gasteiger charge is -2.13. The largest absolute Gasteiger partial charge is 0.459 e. The van der Waals surface area contributed by atoms with Crippen molar-refractivity contribution in [2.75, 3.05) is 6.61 Å². The Hall–Kier alpha value is -1.91. The van der Waals surface area contributed by atoms with Gasteiger partial charge in [0, 0.05) is 6.42 Å². The zero-order valence-corrected chi connectivity index (χ0v) is 13.1. The molecule has 0 saturated carbocycles. The smallest absolute Gasteiger partial charge is 0.338 e. The van der Waals surface area contributed by atoms with Crippen LogP contribution in [0.1, 0.15) is 16.8 Å². The van der Waals surface area contributed by atoms with Crippen molar-refractivity contribution in [3.05, 3.63) is 60.2 Å². The molecule has 1 unspecified atom stereocenters. The van der Waals surface area contributed by atoms with E-state index in [4.69, 9.17) is 21.1 Å². The van der Waals surface area contributed by atoms with Crippen LogP contribution in [-0.4, -0.2) is 30.4 Å². The molecule has 5 heteroatoms. The lowest BCUT2D eigenvalue weighted by Crippen LogP contribution is -2.25. The van der Waals surface area contributed by atoms with Crippen LogP contribution >= 0.6 is 11.6 Å². The maximum atomic E-state index is 13.5. The van der Waals surface area contributed by atoms with Gasteiger partial charge in [0.2, 0.25) is 0 Å². The minimum atomic E-state index is -1.20. The van der Waals surface area contributed by atoms with Crippen LogP contribution < -0.4 is 0 Å². The highest BCUT2D eigenvalue weighted by molar-refractivity contribution is 6.19. The predicted molar refractivity (Wildman–Crippen MR) is 86.2 cm³/mol. The molecule has 0 bridgehead atoms. The highest BCUT2D eigenvalue weighted by Crippen LogP contribution is 2.26. The van der Waals surface area contributed by atoms with E-state index in [0.717, 1.165) is 11.1 Å². The Morgan fingerprint density at radius 1 is 1.13 bits per heavy atom. The monoisotopic (exact) mass is 334 g/mol. The summed E-state index contributed by atoms with van der Waals surface area (Å²) in [6.45, 7) is -0.135. The number of hydrogen-bond donors (Lipinski definition) is 0. The molecule has 0 spiro atoms. The summed E-state index contributed by atoms with van der Waals surface area (Å²) in [4.78, 5) is 12.0. The molecule has 3 atom stereocenters. The van der Waals surface area contributed by atoms with E-state index in [0.29, 0.717) is 5.56 Å². The Morgan fingerprint density at radius 2 is 1.78 bits per heavy atom. The molecule has 1 saturated heterocycles. The second kappa shape index (κ2) is 7.11. The minimum Gasteiger partial charge on any atom is -0.459 e. The molecule has 1 aliphatic heterocycles. The zero-order valence-electron chi connectivity index (χ0n) is 12.3. The molecule has 2 aromatic rings. The summed E-state index contributed by atoms with van der Waals surface area (Å²) in [5.74, 6) is -0.501. The van der Waals surface area contributed by atoms with E-state index in [1.807, 2.05) is 42.5 Å². The highest BCUT2D eigenvalue weighted by Gasteiger charge is 2.35. The van der Waals surface area contributed by atoms with Crippen molar-refractivity contribution in [1.82, 2.24) is 0 Å². The van der Waals surface area contributed by atoms with Crippen molar-refractivity contribution in [1.29, 1.82) is 0 Å². The number of benzene rings is 2. The molecular formula is C18H16ClFO3. The summed E-state index contributed by atoms with van der Waals surface area (Å²) in [5.41, 5.74) is 1.84. The van der Waals surface area contributed by atoms with Crippen LogP contribution in [0.15, 0.2) is 54.6 Å². The molecular weight excluding hydrogens is 319 g/mol. The van der Waals surface area contributed by atoms with Crippen LogP contribution in [0.3, 0.4) is 0 Å². The normalized spacial score (nSPS) is 23.7. The summed E-state index contributed by atoms with van der Waals surface area (Å²) < 4.78 is 23.8. The van der Waals surface area contributed by atoms with E-state index in [1.54, 1.807) is 12.1 Å². The molecule has 0 aromatic heterocycles. The first-order valence-corrected chi connectivity index (χ1v) is 7.83. The SMILES string of the molecule is O=C(OC[C@H]1OC(Cl)C[C@@H]1F)c1ccc(-c2ccccc2)cc1. The number of esters is 1. The van der Waals surface area contributed by atoms with Gasteiger partial charge in [0.1, 0.15) is 24.4 Å². The number of carbonyl (C=O) groups excluding carboxylic acids is 1. The fourth-order valence-corrected chi connectivity index (χ4v) is 2.78. The van der Waals surface area contributed by atoms with Crippen molar-refractivity contribution in [3.63, 3.8) is 0 Å². The molecule has 0 amide bonds. The van der Waals surface area contributed by atoms with E-state index in [9.17, 15) is 9.18 Å². The lowest BCUT2D eigenvalue weighted by atomic mass is 10.0. The maximum Gasteiger partial charge on any atom is 0.338 e. The molecule has 1 fully saturated rings. The third-order valence-electron chi connectivity index (χ3n) is 3.74. The molecule has 0 aliphatic carbocycles. The van der Waals surface area contributed by atoms with E-state index in [1.165, 1.54) is 0 Å². The predicted octanol–water partition coefficient (Wildman–Crippen LogP) is 4.20. The lowest BCUT2D eigenvalue weighted by molar-refractivity contribution is -0.00484. The van der Waals surface area contributed by atoms with Crippen molar-refractivity contribution in [2.24, 2.45) is 0 Å². The summed E-state index contributed by atoms with van der Waals surface area (Å²) in [5, 5.41) is 0. The first kappa shape index (κ1) is 16.0. The van der Waals surface area contributed by atoms with Gasteiger partial charge in [-0.25, -0.2) is 9.18 Å². The number of halogens is 2. The second-order valence-electron chi connectivity index (χ2n) is 5.38. The van der Waals surface area contributed by atoms with Gasteiger partial charge in [-0.15, -0.1) is 0 Å². The fourth-order valence-electron chi connectivity index (χ4n) is 2.47. The first-order valence-electron chi connectivity index (χ1n) is 7.39. The van der Waals surface area contributed by atoms with Crippen LogP contribution in [0.4, 0.5) is 4.39 Å². The molecule has 0 radical (unpaired) electrons. The minimum absolute atomic E-state index is 0.121.